The van der Waals surface area contributed by atoms with Gasteiger partial charge in [-0.25, -0.2) is 0 Å². The van der Waals surface area contributed by atoms with Gasteiger partial charge in [0, 0.05) is 19.3 Å². The van der Waals surface area contributed by atoms with Gasteiger partial charge >= 0.3 is 0 Å². The molecule has 2 unspecified atom stereocenters. The maximum absolute atomic E-state index is 12.2. The summed E-state index contributed by atoms with van der Waals surface area (Å²) in [5.41, 5.74) is 18.5. The van der Waals surface area contributed by atoms with Crippen molar-refractivity contribution in [1.82, 2.24) is 10.6 Å². The molecule has 0 aliphatic rings. The number of nitrogens with one attached hydrogen (secondary N) is 2. The van der Waals surface area contributed by atoms with Gasteiger partial charge in [-0.2, -0.15) is 0 Å². The summed E-state index contributed by atoms with van der Waals surface area (Å²) in [6.45, 7) is 16.0. The number of allylic oxidation sites excluding steroid dienone is 2. The average molecular weight is 698 g/mol. The molecule has 0 fully saturated rings. The van der Waals surface area contributed by atoms with E-state index in [2.05, 4.69) is 53.8 Å². The van der Waals surface area contributed by atoms with E-state index < -0.39 is 11.9 Å². The maximum Gasteiger partial charge on any atom is 0.240 e. The summed E-state index contributed by atoms with van der Waals surface area (Å²) in [4.78, 5) is 45.5. The standard InChI is InChI=1S/C20H26N2O2.C19H26N2O.C3H7NO/c1-20(2,3)13-17(19(21)24)22-18(23)11-9-14-8-10-15-6-4-5-7-16(15)12-14;1-3-11-16(4-2)19(17-12-7-5-8-13-17)21-18(22)14-9-6-10-15-20;1-2-3(4)5/h4-8,10,12,17H,9,11,13H2,1-3H3,(H2,21,24)(H,22,23);3-5,7-8,11-13,19H,1-2,6,9-10,14-15,20H2,(H,21,22);2H2,1H3,(H2,4,5)/b;16-11+;. The minimum atomic E-state index is -0.617. The van der Waals surface area contributed by atoms with Crippen LogP contribution in [0, 0.1) is 5.41 Å². The van der Waals surface area contributed by atoms with Crippen molar-refractivity contribution >= 4 is 34.4 Å². The Balaban J connectivity index is 0.000000452. The van der Waals surface area contributed by atoms with Gasteiger partial charge in [-0.05, 0) is 65.1 Å². The molecule has 0 saturated carbocycles. The van der Waals surface area contributed by atoms with Gasteiger partial charge in [0.1, 0.15) is 6.04 Å². The predicted molar refractivity (Wildman–Crippen MR) is 210 cm³/mol. The normalized spacial score (nSPS) is 12.1. The highest BCUT2D eigenvalue weighted by Gasteiger charge is 2.24. The molecule has 0 aliphatic heterocycles. The van der Waals surface area contributed by atoms with Crippen LogP contribution in [-0.2, 0) is 25.6 Å². The molecule has 3 aromatic carbocycles. The molecule has 9 nitrogen and oxygen atoms in total. The summed E-state index contributed by atoms with van der Waals surface area (Å²) in [5, 5.41) is 8.21. The summed E-state index contributed by atoms with van der Waals surface area (Å²) in [5.74, 6) is -0.826. The molecule has 0 bridgehead atoms. The smallest absolute Gasteiger partial charge is 0.240 e. The summed E-state index contributed by atoms with van der Waals surface area (Å²) >= 11 is 0. The third-order valence-electron chi connectivity index (χ3n) is 7.72. The predicted octanol–water partition coefficient (Wildman–Crippen LogP) is 6.72. The molecule has 0 saturated heterocycles. The zero-order valence-electron chi connectivity index (χ0n) is 31.0. The summed E-state index contributed by atoms with van der Waals surface area (Å²) < 4.78 is 0. The molecule has 0 aliphatic carbocycles. The molecule has 0 heterocycles. The molecule has 0 spiro atoms. The zero-order chi connectivity index (χ0) is 38.2. The Bertz CT molecular complexity index is 1580. The van der Waals surface area contributed by atoms with Gasteiger partial charge < -0.3 is 27.8 Å². The van der Waals surface area contributed by atoms with Gasteiger partial charge in [-0.3, -0.25) is 19.2 Å². The first-order valence-electron chi connectivity index (χ1n) is 17.6. The van der Waals surface area contributed by atoms with E-state index in [0.29, 0.717) is 38.6 Å². The van der Waals surface area contributed by atoms with Crippen LogP contribution < -0.4 is 27.8 Å². The SMILES string of the molecule is C=C/C=C(\C=C)C(NC(=O)CCCCCN)c1ccccc1.CC(C)(C)CC(NC(=O)CCc1ccc2ccccc2c1)C(N)=O.CCC(N)=O. The number of hydrogen-bond acceptors (Lipinski definition) is 5. The minimum Gasteiger partial charge on any atom is -0.370 e. The van der Waals surface area contributed by atoms with E-state index in [1.165, 1.54) is 5.39 Å². The van der Waals surface area contributed by atoms with Crippen molar-refractivity contribution in [3.8, 4) is 0 Å². The summed E-state index contributed by atoms with van der Waals surface area (Å²) in [7, 11) is 0. The van der Waals surface area contributed by atoms with Gasteiger partial charge in [0.15, 0.2) is 0 Å². The molecular formula is C42H59N5O4. The third kappa shape index (κ3) is 19.1. The number of primary amides is 2. The first-order chi connectivity index (χ1) is 24.2. The van der Waals surface area contributed by atoms with E-state index in [1.807, 2.05) is 75.4 Å². The Hall–Kier alpha value is -5.02. The van der Waals surface area contributed by atoms with Crippen LogP contribution in [0.5, 0.6) is 0 Å². The number of unbranched alkanes of at least 4 members (excludes halogenated alkanes) is 2. The second-order valence-corrected chi connectivity index (χ2v) is 13.4. The second-order valence-electron chi connectivity index (χ2n) is 13.4. The monoisotopic (exact) mass is 697 g/mol. The van der Waals surface area contributed by atoms with Crippen molar-refractivity contribution in [3.63, 3.8) is 0 Å². The number of rotatable bonds is 17. The fourth-order valence-corrected chi connectivity index (χ4v) is 5.02. The number of aryl methyl sites for hydroxylation is 1. The van der Waals surface area contributed by atoms with Gasteiger partial charge in [-0.1, -0.05) is 138 Å². The number of hydrogen-bond donors (Lipinski definition) is 5. The average Bonchev–Trinajstić information content (AvgIpc) is 3.10. The molecule has 0 radical (unpaired) electrons. The lowest BCUT2D eigenvalue weighted by Gasteiger charge is -2.24. The van der Waals surface area contributed by atoms with Crippen LogP contribution in [0.4, 0.5) is 0 Å². The van der Waals surface area contributed by atoms with Crippen LogP contribution in [0.15, 0.2) is 110 Å². The quantitative estimate of drug-likeness (QED) is 0.0778. The van der Waals surface area contributed by atoms with E-state index in [-0.39, 0.29) is 29.2 Å². The number of nitrogens with two attached hydrogens (primary N) is 3. The van der Waals surface area contributed by atoms with Crippen molar-refractivity contribution in [2.24, 2.45) is 22.6 Å². The van der Waals surface area contributed by atoms with E-state index in [9.17, 15) is 19.2 Å². The molecule has 9 heteroatoms. The van der Waals surface area contributed by atoms with Crippen LogP contribution in [0.2, 0.25) is 0 Å². The Labute approximate surface area is 304 Å². The topological polar surface area (TPSA) is 170 Å². The number of fused-ring (bicyclic) bond motifs is 1. The number of carbonyl (C=O) groups excluding carboxylic acids is 4. The van der Waals surface area contributed by atoms with E-state index in [0.717, 1.165) is 41.3 Å². The highest BCUT2D eigenvalue weighted by molar-refractivity contribution is 5.87. The zero-order valence-corrected chi connectivity index (χ0v) is 31.0. The molecule has 8 N–H and O–H groups in total. The summed E-state index contributed by atoms with van der Waals surface area (Å²) in [6.07, 6.45) is 10.6. The maximum atomic E-state index is 12.2. The van der Waals surface area contributed by atoms with Gasteiger partial charge in [-0.15, -0.1) is 0 Å². The van der Waals surface area contributed by atoms with E-state index in [4.69, 9.17) is 11.5 Å². The third-order valence-corrected chi connectivity index (χ3v) is 7.72. The van der Waals surface area contributed by atoms with Crippen molar-refractivity contribution in [2.45, 2.75) is 91.1 Å². The molecule has 276 valence electrons. The van der Waals surface area contributed by atoms with Gasteiger partial charge in [0.05, 0.1) is 6.04 Å². The number of amides is 4. The largest absolute Gasteiger partial charge is 0.370 e. The highest BCUT2D eigenvalue weighted by Crippen LogP contribution is 2.23. The van der Waals surface area contributed by atoms with Gasteiger partial charge in [0.2, 0.25) is 23.6 Å². The molecule has 3 rings (SSSR count). The molecule has 4 amide bonds. The summed E-state index contributed by atoms with van der Waals surface area (Å²) in [6, 6.07) is 23.4. The van der Waals surface area contributed by atoms with Crippen molar-refractivity contribution in [2.75, 3.05) is 6.54 Å². The van der Waals surface area contributed by atoms with Crippen molar-refractivity contribution in [1.29, 1.82) is 0 Å². The van der Waals surface area contributed by atoms with E-state index in [1.54, 1.807) is 19.1 Å². The number of carbonyl (C=O) groups is 4. The first-order valence-corrected chi connectivity index (χ1v) is 17.6. The first kappa shape index (κ1) is 44.0. The molecule has 2 atom stereocenters. The van der Waals surface area contributed by atoms with Crippen LogP contribution >= 0.6 is 0 Å². The second kappa shape index (κ2) is 24.2. The Morgan fingerprint density at radius 1 is 0.804 bits per heavy atom. The van der Waals surface area contributed by atoms with Gasteiger partial charge in [0.25, 0.3) is 0 Å². The van der Waals surface area contributed by atoms with Crippen molar-refractivity contribution in [3.05, 3.63) is 121 Å². The Morgan fingerprint density at radius 2 is 1.41 bits per heavy atom. The molecule has 3 aromatic rings. The lowest BCUT2D eigenvalue weighted by atomic mass is 9.88. The lowest BCUT2D eigenvalue weighted by molar-refractivity contribution is -0.128. The molecule has 51 heavy (non-hydrogen) atoms. The highest BCUT2D eigenvalue weighted by atomic mass is 16.2. The Morgan fingerprint density at radius 3 is 1.96 bits per heavy atom. The van der Waals surface area contributed by atoms with Crippen LogP contribution in [0.3, 0.4) is 0 Å². The fourth-order valence-electron chi connectivity index (χ4n) is 5.02. The van der Waals surface area contributed by atoms with Crippen molar-refractivity contribution < 1.29 is 19.2 Å². The number of benzene rings is 3. The fraction of sp³-hybridized carbons (Fsp3) is 0.381. The lowest BCUT2D eigenvalue weighted by Crippen LogP contribution is -2.46. The van der Waals surface area contributed by atoms with E-state index >= 15 is 0 Å². The van der Waals surface area contributed by atoms with Crippen LogP contribution in [0.1, 0.15) is 89.8 Å². The molecular weight excluding hydrogens is 638 g/mol. The minimum absolute atomic E-state index is 0.0442. The van der Waals surface area contributed by atoms with Crippen LogP contribution in [-0.4, -0.2) is 36.2 Å². The molecule has 0 aromatic heterocycles. The Kier molecular flexibility index (Phi) is 20.9. The van der Waals surface area contributed by atoms with Crippen LogP contribution in [0.25, 0.3) is 10.8 Å².